The van der Waals surface area contributed by atoms with Crippen LogP contribution in [0.3, 0.4) is 0 Å². The van der Waals surface area contributed by atoms with Crippen molar-refractivity contribution < 1.29 is 9.53 Å². The largest absolute Gasteiger partial charge is 0.381 e. The molecule has 3 N–H and O–H groups in total. The molecule has 6 nitrogen and oxygen atoms in total. The molecular weight excluding hydrogens is 232 g/mol. The summed E-state index contributed by atoms with van der Waals surface area (Å²) in [6.07, 6.45) is 5.57. The van der Waals surface area contributed by atoms with Gasteiger partial charge < -0.3 is 15.5 Å². The molecule has 1 saturated heterocycles. The molecule has 0 aromatic carbocycles. The van der Waals surface area contributed by atoms with Gasteiger partial charge in [-0.15, -0.1) is 0 Å². The Labute approximate surface area is 106 Å². The van der Waals surface area contributed by atoms with Gasteiger partial charge in [0.2, 0.25) is 0 Å². The van der Waals surface area contributed by atoms with Gasteiger partial charge in [0.15, 0.2) is 0 Å². The molecule has 18 heavy (non-hydrogen) atoms. The van der Waals surface area contributed by atoms with Crippen LogP contribution < -0.4 is 16.2 Å². The van der Waals surface area contributed by atoms with Gasteiger partial charge in [-0.05, 0) is 24.5 Å². The van der Waals surface area contributed by atoms with Crippen molar-refractivity contribution in [1.82, 2.24) is 21.1 Å². The normalized spacial score (nSPS) is 23.9. The van der Waals surface area contributed by atoms with Gasteiger partial charge in [-0.1, -0.05) is 0 Å². The summed E-state index contributed by atoms with van der Waals surface area (Å²) in [7, 11) is 0. The second-order valence-electron chi connectivity index (χ2n) is 4.78. The van der Waals surface area contributed by atoms with E-state index in [1.807, 2.05) is 12.3 Å². The van der Waals surface area contributed by atoms with Crippen LogP contribution in [-0.2, 0) is 4.74 Å². The fraction of sp³-hybridized carbons (Fsp3) is 0.583. The zero-order valence-corrected chi connectivity index (χ0v) is 10.2. The standard InChI is InChI=1S/C12H18N4O2/c17-12(14-10-2-5-18-6-3-10)16-4-1-11-9(8-16)7-13-15-11/h1,4,10,13,15H,2-3,5-8H2,(H,14,17). The van der Waals surface area contributed by atoms with Gasteiger partial charge in [0.1, 0.15) is 0 Å². The smallest absolute Gasteiger partial charge is 0.321 e. The Bertz CT molecular complexity index is 399. The second kappa shape index (κ2) is 4.99. The van der Waals surface area contributed by atoms with E-state index in [4.69, 9.17) is 4.74 Å². The SMILES string of the molecule is O=C(NC1CCOCC1)N1C=CC2=C(CNN2)C1. The van der Waals surface area contributed by atoms with E-state index in [2.05, 4.69) is 16.2 Å². The van der Waals surface area contributed by atoms with Crippen molar-refractivity contribution in [2.75, 3.05) is 26.3 Å². The van der Waals surface area contributed by atoms with Gasteiger partial charge in [0.25, 0.3) is 0 Å². The third kappa shape index (κ3) is 2.34. The maximum absolute atomic E-state index is 12.1. The molecule has 0 unspecified atom stereocenters. The molecule has 0 aliphatic carbocycles. The van der Waals surface area contributed by atoms with E-state index >= 15 is 0 Å². The first-order valence-corrected chi connectivity index (χ1v) is 6.37. The quantitative estimate of drug-likeness (QED) is 0.616. The van der Waals surface area contributed by atoms with Crippen LogP contribution in [0.4, 0.5) is 4.79 Å². The molecule has 3 aliphatic rings. The Balaban J connectivity index is 1.55. The summed E-state index contributed by atoms with van der Waals surface area (Å²) in [5.74, 6) is 0. The average molecular weight is 250 g/mol. The first-order chi connectivity index (χ1) is 8.83. The molecular formula is C12H18N4O2. The summed E-state index contributed by atoms with van der Waals surface area (Å²) in [6, 6.07) is 0.228. The van der Waals surface area contributed by atoms with E-state index in [-0.39, 0.29) is 12.1 Å². The topological polar surface area (TPSA) is 65.6 Å². The van der Waals surface area contributed by atoms with Crippen molar-refractivity contribution in [3.8, 4) is 0 Å². The predicted molar refractivity (Wildman–Crippen MR) is 66.4 cm³/mol. The summed E-state index contributed by atoms with van der Waals surface area (Å²) >= 11 is 0. The minimum Gasteiger partial charge on any atom is -0.381 e. The van der Waals surface area contributed by atoms with Crippen LogP contribution in [0.5, 0.6) is 0 Å². The van der Waals surface area contributed by atoms with Crippen LogP contribution in [0.15, 0.2) is 23.5 Å². The van der Waals surface area contributed by atoms with Gasteiger partial charge >= 0.3 is 6.03 Å². The summed E-state index contributed by atoms with van der Waals surface area (Å²) in [5.41, 5.74) is 8.43. The van der Waals surface area contributed by atoms with Crippen LogP contribution in [0.1, 0.15) is 12.8 Å². The number of carbonyl (C=O) groups excluding carboxylic acids is 1. The number of urea groups is 1. The van der Waals surface area contributed by atoms with E-state index in [1.54, 1.807) is 4.90 Å². The Morgan fingerprint density at radius 2 is 2.28 bits per heavy atom. The van der Waals surface area contributed by atoms with Gasteiger partial charge in [0, 0.05) is 32.0 Å². The van der Waals surface area contributed by atoms with Crippen molar-refractivity contribution in [2.45, 2.75) is 18.9 Å². The molecule has 0 aromatic heterocycles. The molecule has 0 aromatic rings. The third-order valence-corrected chi connectivity index (χ3v) is 3.50. The summed E-state index contributed by atoms with van der Waals surface area (Å²) in [6.45, 7) is 2.93. The molecule has 3 heterocycles. The van der Waals surface area contributed by atoms with E-state index in [0.29, 0.717) is 6.54 Å². The summed E-state index contributed by atoms with van der Waals surface area (Å²) in [4.78, 5) is 13.8. The van der Waals surface area contributed by atoms with Crippen molar-refractivity contribution >= 4 is 6.03 Å². The minimum atomic E-state index is -0.0170. The predicted octanol–water partition coefficient (Wildman–Crippen LogP) is 0.0662. The maximum Gasteiger partial charge on any atom is 0.321 e. The highest BCUT2D eigenvalue weighted by Gasteiger charge is 2.24. The zero-order valence-electron chi connectivity index (χ0n) is 10.2. The fourth-order valence-electron chi connectivity index (χ4n) is 2.39. The number of carbonyl (C=O) groups is 1. The number of hydrazine groups is 1. The molecule has 6 heteroatoms. The molecule has 0 bridgehead atoms. The van der Waals surface area contributed by atoms with Gasteiger partial charge in [-0.25, -0.2) is 10.2 Å². The Morgan fingerprint density at radius 3 is 3.11 bits per heavy atom. The number of nitrogens with one attached hydrogen (secondary N) is 3. The lowest BCUT2D eigenvalue weighted by Crippen LogP contribution is -2.46. The minimum absolute atomic E-state index is 0.0170. The van der Waals surface area contributed by atoms with Gasteiger partial charge in [0.05, 0.1) is 12.2 Å². The number of hydrogen-bond acceptors (Lipinski definition) is 4. The van der Waals surface area contributed by atoms with Crippen LogP contribution in [0.25, 0.3) is 0 Å². The van der Waals surface area contributed by atoms with Crippen LogP contribution in [0, 0.1) is 0 Å². The van der Waals surface area contributed by atoms with Gasteiger partial charge in [-0.2, -0.15) is 0 Å². The van der Waals surface area contributed by atoms with E-state index < -0.39 is 0 Å². The fourth-order valence-corrected chi connectivity index (χ4v) is 2.39. The number of hydrogen-bond donors (Lipinski definition) is 3. The van der Waals surface area contributed by atoms with Crippen LogP contribution in [-0.4, -0.2) is 43.3 Å². The molecule has 3 rings (SSSR count). The number of allylic oxidation sites excluding steroid dienone is 1. The Hall–Kier alpha value is -1.53. The first kappa shape index (κ1) is 11.6. The van der Waals surface area contributed by atoms with Crippen molar-refractivity contribution in [1.29, 1.82) is 0 Å². The maximum atomic E-state index is 12.1. The zero-order chi connectivity index (χ0) is 12.4. The number of ether oxygens (including phenoxy) is 1. The Kier molecular flexibility index (Phi) is 3.21. The molecule has 0 radical (unpaired) electrons. The molecule has 0 atom stereocenters. The first-order valence-electron chi connectivity index (χ1n) is 6.37. The molecule has 0 spiro atoms. The second-order valence-corrected chi connectivity index (χ2v) is 4.78. The number of nitrogens with zero attached hydrogens (tertiary/aromatic N) is 1. The summed E-state index contributed by atoms with van der Waals surface area (Å²) in [5, 5.41) is 3.06. The monoisotopic (exact) mass is 250 g/mol. The van der Waals surface area contributed by atoms with Crippen molar-refractivity contribution in [3.05, 3.63) is 23.5 Å². The lowest BCUT2D eigenvalue weighted by atomic mass is 10.1. The molecule has 3 aliphatic heterocycles. The van der Waals surface area contributed by atoms with Crippen LogP contribution >= 0.6 is 0 Å². The third-order valence-electron chi connectivity index (χ3n) is 3.50. The molecule has 98 valence electrons. The highest BCUT2D eigenvalue weighted by Crippen LogP contribution is 2.16. The van der Waals surface area contributed by atoms with E-state index in [0.717, 1.165) is 38.3 Å². The number of amides is 2. The lowest BCUT2D eigenvalue weighted by molar-refractivity contribution is 0.0789. The van der Waals surface area contributed by atoms with Crippen LogP contribution in [0.2, 0.25) is 0 Å². The van der Waals surface area contributed by atoms with E-state index in [9.17, 15) is 4.79 Å². The highest BCUT2D eigenvalue weighted by atomic mass is 16.5. The average Bonchev–Trinajstić information content (AvgIpc) is 2.87. The lowest BCUT2D eigenvalue weighted by Gasteiger charge is -2.28. The number of rotatable bonds is 1. The molecule has 2 amide bonds. The molecule has 1 fully saturated rings. The highest BCUT2D eigenvalue weighted by molar-refractivity contribution is 5.76. The van der Waals surface area contributed by atoms with Crippen molar-refractivity contribution in [3.63, 3.8) is 0 Å². The summed E-state index contributed by atoms with van der Waals surface area (Å²) < 4.78 is 5.28. The molecule has 0 saturated carbocycles. The van der Waals surface area contributed by atoms with E-state index in [1.165, 1.54) is 5.57 Å². The van der Waals surface area contributed by atoms with Gasteiger partial charge in [-0.3, -0.25) is 4.90 Å². The van der Waals surface area contributed by atoms with Crippen molar-refractivity contribution in [2.24, 2.45) is 0 Å². The Morgan fingerprint density at radius 1 is 1.44 bits per heavy atom.